The van der Waals surface area contributed by atoms with Gasteiger partial charge >= 0.3 is 0 Å². The van der Waals surface area contributed by atoms with Gasteiger partial charge in [-0.2, -0.15) is 0 Å². The molecule has 122 valence electrons. The standard InChI is InChI=1S/C22H29N/c1-3-4-5-16-7-8-19-17(14-16)12-13-22(23)20-10-6-15(2)18(20)9-11-21(19)22/h3,6-8,14,18,20-21H,1,4-5,9-13,23H2,2H3. The molecule has 1 heteroatoms. The molecule has 4 rings (SSSR count). The minimum absolute atomic E-state index is 0.0206. The molecule has 0 aliphatic heterocycles. The van der Waals surface area contributed by atoms with Crippen LogP contribution in [0.15, 0.2) is 42.5 Å². The highest BCUT2D eigenvalue weighted by molar-refractivity contribution is 5.41. The second-order valence-corrected chi connectivity index (χ2v) is 8.00. The van der Waals surface area contributed by atoms with Crippen LogP contribution >= 0.6 is 0 Å². The molecule has 1 nitrogen and oxygen atoms in total. The molecule has 1 fully saturated rings. The molecule has 0 spiro atoms. The van der Waals surface area contributed by atoms with Crippen molar-refractivity contribution in [2.45, 2.75) is 63.3 Å². The summed E-state index contributed by atoms with van der Waals surface area (Å²) >= 11 is 0. The zero-order valence-electron chi connectivity index (χ0n) is 14.4. The van der Waals surface area contributed by atoms with E-state index in [-0.39, 0.29) is 5.54 Å². The molecule has 0 amide bonds. The van der Waals surface area contributed by atoms with Crippen LogP contribution in [0.3, 0.4) is 0 Å². The van der Waals surface area contributed by atoms with Gasteiger partial charge in [0.25, 0.3) is 0 Å². The lowest BCUT2D eigenvalue weighted by atomic mass is 9.55. The van der Waals surface area contributed by atoms with Gasteiger partial charge in [-0.3, -0.25) is 0 Å². The average Bonchev–Trinajstić information content (AvgIpc) is 2.95. The van der Waals surface area contributed by atoms with Crippen LogP contribution in [0.4, 0.5) is 0 Å². The molecular formula is C22H29N. The molecule has 0 radical (unpaired) electrons. The van der Waals surface area contributed by atoms with Crippen molar-refractivity contribution in [1.82, 2.24) is 0 Å². The van der Waals surface area contributed by atoms with E-state index < -0.39 is 0 Å². The highest BCUT2D eigenvalue weighted by Crippen LogP contribution is 2.56. The topological polar surface area (TPSA) is 26.0 Å². The summed E-state index contributed by atoms with van der Waals surface area (Å²) < 4.78 is 0. The molecule has 2 N–H and O–H groups in total. The van der Waals surface area contributed by atoms with Gasteiger partial charge < -0.3 is 5.73 Å². The maximum Gasteiger partial charge on any atom is 0.0264 e. The predicted octanol–water partition coefficient (Wildman–Crippen LogP) is 4.91. The monoisotopic (exact) mass is 307 g/mol. The van der Waals surface area contributed by atoms with E-state index in [1.54, 1.807) is 16.7 Å². The molecule has 1 aromatic rings. The first kappa shape index (κ1) is 15.2. The second kappa shape index (κ2) is 5.63. The maximum absolute atomic E-state index is 7.10. The van der Waals surface area contributed by atoms with Gasteiger partial charge in [0.15, 0.2) is 0 Å². The highest BCUT2D eigenvalue weighted by atomic mass is 14.8. The molecule has 23 heavy (non-hydrogen) atoms. The van der Waals surface area contributed by atoms with Crippen molar-refractivity contribution in [3.63, 3.8) is 0 Å². The summed E-state index contributed by atoms with van der Waals surface area (Å²) in [5.74, 6) is 2.00. The van der Waals surface area contributed by atoms with Gasteiger partial charge in [0.05, 0.1) is 0 Å². The Labute approximate surface area is 140 Å². The van der Waals surface area contributed by atoms with Crippen molar-refractivity contribution in [2.75, 3.05) is 0 Å². The van der Waals surface area contributed by atoms with Crippen molar-refractivity contribution >= 4 is 0 Å². The van der Waals surface area contributed by atoms with E-state index in [0.717, 1.165) is 31.6 Å². The predicted molar refractivity (Wildman–Crippen MR) is 97.5 cm³/mol. The Balaban J connectivity index is 1.65. The lowest BCUT2D eigenvalue weighted by molar-refractivity contribution is 0.107. The molecule has 4 unspecified atom stereocenters. The first-order chi connectivity index (χ1) is 11.1. The van der Waals surface area contributed by atoms with Gasteiger partial charge in [-0.25, -0.2) is 0 Å². The van der Waals surface area contributed by atoms with E-state index in [1.807, 2.05) is 6.08 Å². The molecule has 0 saturated heterocycles. The fourth-order valence-electron chi connectivity index (χ4n) is 5.64. The van der Waals surface area contributed by atoms with Gasteiger partial charge in [-0.1, -0.05) is 35.9 Å². The van der Waals surface area contributed by atoms with Gasteiger partial charge in [0.2, 0.25) is 0 Å². The van der Waals surface area contributed by atoms with Gasteiger partial charge in [0.1, 0.15) is 0 Å². The van der Waals surface area contributed by atoms with Crippen LogP contribution in [-0.4, -0.2) is 5.54 Å². The summed E-state index contributed by atoms with van der Waals surface area (Å²) in [5.41, 5.74) is 13.3. The fraction of sp³-hybridized carbons (Fsp3) is 0.545. The molecule has 0 bridgehead atoms. The van der Waals surface area contributed by atoms with E-state index in [0.29, 0.717) is 11.8 Å². The largest absolute Gasteiger partial charge is 0.324 e. The average molecular weight is 307 g/mol. The first-order valence-corrected chi connectivity index (χ1v) is 9.31. The van der Waals surface area contributed by atoms with Crippen LogP contribution in [0.2, 0.25) is 0 Å². The number of allylic oxidation sites excluding steroid dienone is 3. The Bertz CT molecular complexity index is 656. The highest BCUT2D eigenvalue weighted by Gasteiger charge is 2.52. The van der Waals surface area contributed by atoms with Crippen LogP contribution < -0.4 is 5.73 Å². The molecule has 0 heterocycles. The van der Waals surface area contributed by atoms with Crippen molar-refractivity contribution < 1.29 is 0 Å². The number of aryl methyl sites for hydroxylation is 2. The number of hydrogen-bond donors (Lipinski definition) is 1. The van der Waals surface area contributed by atoms with E-state index in [2.05, 4.69) is 37.8 Å². The Morgan fingerprint density at radius 1 is 1.35 bits per heavy atom. The lowest BCUT2D eigenvalue weighted by Crippen LogP contribution is -2.58. The summed E-state index contributed by atoms with van der Waals surface area (Å²) in [6.45, 7) is 6.16. The van der Waals surface area contributed by atoms with Crippen LogP contribution in [0.5, 0.6) is 0 Å². The third kappa shape index (κ3) is 2.32. The number of fused-ring (bicyclic) bond motifs is 5. The van der Waals surface area contributed by atoms with Crippen LogP contribution in [0, 0.1) is 11.8 Å². The van der Waals surface area contributed by atoms with E-state index in [4.69, 9.17) is 5.73 Å². The summed E-state index contributed by atoms with van der Waals surface area (Å²) in [5, 5.41) is 0. The normalized spacial score (nSPS) is 35.0. The summed E-state index contributed by atoms with van der Waals surface area (Å²) in [6.07, 6.45) is 12.8. The molecule has 3 aliphatic carbocycles. The quantitative estimate of drug-likeness (QED) is 0.789. The third-order valence-corrected chi connectivity index (χ3v) is 6.92. The Morgan fingerprint density at radius 3 is 3.04 bits per heavy atom. The SMILES string of the molecule is C=CCCc1ccc2c(c1)CCC1(N)C2CCC2C(C)=CCC21. The number of nitrogens with two attached hydrogens (primary N) is 1. The van der Waals surface area contributed by atoms with Crippen LogP contribution in [0.1, 0.15) is 61.6 Å². The van der Waals surface area contributed by atoms with Crippen LogP contribution in [-0.2, 0) is 12.8 Å². The van der Waals surface area contributed by atoms with Crippen molar-refractivity contribution in [3.8, 4) is 0 Å². The molecular weight excluding hydrogens is 278 g/mol. The number of rotatable bonds is 3. The minimum atomic E-state index is 0.0206. The summed E-state index contributed by atoms with van der Waals surface area (Å²) in [4.78, 5) is 0. The van der Waals surface area contributed by atoms with Crippen molar-refractivity contribution in [2.24, 2.45) is 17.6 Å². The molecule has 4 atom stereocenters. The maximum atomic E-state index is 7.10. The summed E-state index contributed by atoms with van der Waals surface area (Å²) in [6, 6.07) is 7.18. The zero-order chi connectivity index (χ0) is 16.0. The lowest BCUT2D eigenvalue weighted by Gasteiger charge is -2.52. The Kier molecular flexibility index (Phi) is 3.72. The van der Waals surface area contributed by atoms with E-state index >= 15 is 0 Å². The molecule has 3 aliphatic rings. The van der Waals surface area contributed by atoms with Gasteiger partial charge in [0, 0.05) is 11.5 Å². The Morgan fingerprint density at radius 2 is 2.22 bits per heavy atom. The zero-order valence-corrected chi connectivity index (χ0v) is 14.4. The second-order valence-electron chi connectivity index (χ2n) is 8.00. The minimum Gasteiger partial charge on any atom is -0.324 e. The number of hydrogen-bond acceptors (Lipinski definition) is 1. The third-order valence-electron chi connectivity index (χ3n) is 6.92. The fourth-order valence-corrected chi connectivity index (χ4v) is 5.64. The van der Waals surface area contributed by atoms with Crippen molar-refractivity contribution in [3.05, 3.63) is 59.2 Å². The van der Waals surface area contributed by atoms with E-state index in [1.165, 1.54) is 24.8 Å². The van der Waals surface area contributed by atoms with Crippen molar-refractivity contribution in [1.29, 1.82) is 0 Å². The Hall–Kier alpha value is -1.34. The number of benzene rings is 1. The van der Waals surface area contributed by atoms with Gasteiger partial charge in [-0.15, -0.1) is 6.58 Å². The first-order valence-electron chi connectivity index (χ1n) is 9.31. The smallest absolute Gasteiger partial charge is 0.0264 e. The molecule has 0 aromatic heterocycles. The van der Waals surface area contributed by atoms with E-state index in [9.17, 15) is 0 Å². The summed E-state index contributed by atoms with van der Waals surface area (Å²) in [7, 11) is 0. The van der Waals surface area contributed by atoms with Crippen LogP contribution in [0.25, 0.3) is 0 Å². The molecule has 1 aromatic carbocycles. The van der Waals surface area contributed by atoms with Gasteiger partial charge in [-0.05, 0) is 80.4 Å². The molecule has 1 saturated carbocycles.